The van der Waals surface area contributed by atoms with Crippen molar-refractivity contribution in [2.75, 3.05) is 18.0 Å². The lowest BCUT2D eigenvalue weighted by atomic mass is 10.1. The van der Waals surface area contributed by atoms with Crippen LogP contribution in [-0.4, -0.2) is 34.1 Å². The fourth-order valence-corrected chi connectivity index (χ4v) is 2.53. The second-order valence-corrected chi connectivity index (χ2v) is 5.41. The number of carbonyl (C=O) groups is 1. The van der Waals surface area contributed by atoms with E-state index in [-0.39, 0.29) is 11.7 Å². The number of rotatable bonds is 4. The summed E-state index contributed by atoms with van der Waals surface area (Å²) in [7, 11) is 0. The Balaban J connectivity index is 1.68. The summed E-state index contributed by atoms with van der Waals surface area (Å²) in [6.07, 6.45) is 5.06. The van der Waals surface area contributed by atoms with Crippen molar-refractivity contribution in [3.8, 4) is 0 Å². The fourth-order valence-electron chi connectivity index (χ4n) is 2.53. The van der Waals surface area contributed by atoms with Crippen molar-refractivity contribution in [1.29, 1.82) is 0 Å². The molecule has 1 aliphatic heterocycles. The van der Waals surface area contributed by atoms with Crippen LogP contribution in [0.15, 0.2) is 22.9 Å². The molecule has 1 fully saturated rings. The highest BCUT2D eigenvalue weighted by atomic mass is 16.5. The predicted octanol–water partition coefficient (Wildman–Crippen LogP) is 1.69. The molecule has 0 atom stereocenters. The highest BCUT2D eigenvalue weighted by molar-refractivity contribution is 5.91. The van der Waals surface area contributed by atoms with Crippen LogP contribution in [0.25, 0.3) is 0 Å². The normalized spacial score (nSPS) is 14.9. The maximum atomic E-state index is 11.9. The summed E-state index contributed by atoms with van der Waals surface area (Å²) in [5.41, 5.74) is 1.69. The number of anilines is 1. The van der Waals surface area contributed by atoms with E-state index in [9.17, 15) is 4.79 Å². The Kier molecular flexibility index (Phi) is 4.32. The standard InChI is InChI=1S/C15H19N5O2/c1-11-9-12(10-16-14(21)13-5-6-17-22-13)19-15(18-11)20-7-3-2-4-8-20/h5-6,9H,2-4,7-8,10H2,1H3,(H,16,21). The van der Waals surface area contributed by atoms with Crippen LogP contribution in [0.3, 0.4) is 0 Å². The maximum absolute atomic E-state index is 11.9. The predicted molar refractivity (Wildman–Crippen MR) is 80.5 cm³/mol. The second-order valence-electron chi connectivity index (χ2n) is 5.41. The molecule has 0 aromatic carbocycles. The minimum Gasteiger partial charge on any atom is -0.351 e. The molecule has 1 aliphatic rings. The topological polar surface area (TPSA) is 84.2 Å². The monoisotopic (exact) mass is 301 g/mol. The molecule has 0 aliphatic carbocycles. The summed E-state index contributed by atoms with van der Waals surface area (Å²) in [5.74, 6) is 0.652. The first-order valence-electron chi connectivity index (χ1n) is 7.51. The van der Waals surface area contributed by atoms with E-state index in [1.807, 2.05) is 13.0 Å². The van der Waals surface area contributed by atoms with Gasteiger partial charge in [-0.25, -0.2) is 9.97 Å². The summed E-state index contributed by atoms with van der Waals surface area (Å²) in [6.45, 7) is 4.27. The molecule has 116 valence electrons. The van der Waals surface area contributed by atoms with Gasteiger partial charge in [0.25, 0.3) is 5.91 Å². The molecule has 1 saturated heterocycles. The number of hydrogen-bond acceptors (Lipinski definition) is 6. The number of nitrogens with one attached hydrogen (secondary N) is 1. The van der Waals surface area contributed by atoms with Gasteiger partial charge in [0, 0.05) is 24.8 Å². The third-order valence-electron chi connectivity index (χ3n) is 3.63. The molecule has 1 N–H and O–H groups in total. The second kappa shape index (κ2) is 6.55. The van der Waals surface area contributed by atoms with Gasteiger partial charge in [0.15, 0.2) is 0 Å². The van der Waals surface area contributed by atoms with Crippen molar-refractivity contribution in [2.24, 2.45) is 0 Å². The minimum absolute atomic E-state index is 0.196. The zero-order valence-electron chi connectivity index (χ0n) is 12.6. The zero-order chi connectivity index (χ0) is 15.4. The molecular formula is C15H19N5O2. The summed E-state index contributed by atoms with van der Waals surface area (Å²) in [6, 6.07) is 3.41. The first-order valence-corrected chi connectivity index (χ1v) is 7.51. The van der Waals surface area contributed by atoms with Crippen LogP contribution >= 0.6 is 0 Å². The van der Waals surface area contributed by atoms with Crippen LogP contribution in [0, 0.1) is 6.92 Å². The zero-order valence-corrected chi connectivity index (χ0v) is 12.6. The van der Waals surface area contributed by atoms with Gasteiger partial charge in [0.05, 0.1) is 18.4 Å². The molecule has 0 bridgehead atoms. The van der Waals surface area contributed by atoms with Crippen LogP contribution in [0.4, 0.5) is 5.95 Å². The number of hydrogen-bond donors (Lipinski definition) is 1. The van der Waals surface area contributed by atoms with Gasteiger partial charge in [-0.2, -0.15) is 0 Å². The van der Waals surface area contributed by atoms with Crippen LogP contribution in [0.2, 0.25) is 0 Å². The Morgan fingerprint density at radius 2 is 2.14 bits per heavy atom. The van der Waals surface area contributed by atoms with Gasteiger partial charge in [0.1, 0.15) is 0 Å². The van der Waals surface area contributed by atoms with Crippen molar-refractivity contribution in [1.82, 2.24) is 20.4 Å². The van der Waals surface area contributed by atoms with Crippen molar-refractivity contribution in [2.45, 2.75) is 32.7 Å². The molecule has 0 radical (unpaired) electrons. The van der Waals surface area contributed by atoms with Gasteiger partial charge >= 0.3 is 0 Å². The maximum Gasteiger partial charge on any atom is 0.290 e. The van der Waals surface area contributed by atoms with E-state index in [1.54, 1.807) is 0 Å². The third kappa shape index (κ3) is 3.41. The van der Waals surface area contributed by atoms with E-state index < -0.39 is 0 Å². The Bertz CT molecular complexity index is 635. The van der Waals surface area contributed by atoms with E-state index >= 15 is 0 Å². The van der Waals surface area contributed by atoms with Crippen molar-refractivity contribution in [3.63, 3.8) is 0 Å². The molecule has 7 heteroatoms. The first kappa shape index (κ1) is 14.5. The van der Waals surface area contributed by atoms with Crippen LogP contribution in [-0.2, 0) is 6.54 Å². The van der Waals surface area contributed by atoms with Crippen molar-refractivity contribution >= 4 is 11.9 Å². The number of carbonyl (C=O) groups excluding carboxylic acids is 1. The number of aryl methyl sites for hydroxylation is 1. The van der Waals surface area contributed by atoms with Gasteiger partial charge in [-0.3, -0.25) is 4.79 Å². The molecule has 2 aromatic rings. The van der Waals surface area contributed by atoms with E-state index in [2.05, 4.69) is 25.3 Å². The van der Waals surface area contributed by atoms with Gasteiger partial charge in [0.2, 0.25) is 11.7 Å². The summed E-state index contributed by atoms with van der Waals surface area (Å²) >= 11 is 0. The lowest BCUT2D eigenvalue weighted by Gasteiger charge is -2.27. The lowest BCUT2D eigenvalue weighted by molar-refractivity contribution is 0.0913. The van der Waals surface area contributed by atoms with E-state index in [4.69, 9.17) is 4.52 Å². The van der Waals surface area contributed by atoms with E-state index in [0.29, 0.717) is 6.54 Å². The fraction of sp³-hybridized carbons (Fsp3) is 0.467. The molecule has 0 unspecified atom stereocenters. The van der Waals surface area contributed by atoms with E-state index in [0.717, 1.165) is 30.4 Å². The number of piperidine rings is 1. The molecule has 3 rings (SSSR count). The largest absolute Gasteiger partial charge is 0.351 e. The highest BCUT2D eigenvalue weighted by Crippen LogP contribution is 2.16. The van der Waals surface area contributed by atoms with Crippen LogP contribution in [0.1, 0.15) is 41.2 Å². The molecule has 0 spiro atoms. The molecule has 7 nitrogen and oxygen atoms in total. The van der Waals surface area contributed by atoms with Gasteiger partial charge in [-0.15, -0.1) is 0 Å². The summed E-state index contributed by atoms with van der Waals surface area (Å²) in [5, 5.41) is 6.30. The molecular weight excluding hydrogens is 282 g/mol. The van der Waals surface area contributed by atoms with Crippen molar-refractivity contribution in [3.05, 3.63) is 35.5 Å². The minimum atomic E-state index is -0.298. The summed E-state index contributed by atoms with van der Waals surface area (Å²) < 4.78 is 4.82. The molecule has 2 aromatic heterocycles. The van der Waals surface area contributed by atoms with Gasteiger partial charge in [-0.1, -0.05) is 5.16 Å². The molecule has 1 amide bonds. The third-order valence-corrected chi connectivity index (χ3v) is 3.63. The lowest BCUT2D eigenvalue weighted by Crippen LogP contribution is -2.31. The number of aromatic nitrogens is 3. The Hall–Kier alpha value is -2.44. The smallest absolute Gasteiger partial charge is 0.290 e. The average molecular weight is 301 g/mol. The Morgan fingerprint density at radius 3 is 2.86 bits per heavy atom. The molecule has 0 saturated carbocycles. The number of amides is 1. The van der Waals surface area contributed by atoms with Crippen LogP contribution < -0.4 is 10.2 Å². The highest BCUT2D eigenvalue weighted by Gasteiger charge is 2.15. The quantitative estimate of drug-likeness (QED) is 0.925. The summed E-state index contributed by atoms with van der Waals surface area (Å²) in [4.78, 5) is 23.1. The Labute approximate surface area is 128 Å². The van der Waals surface area contributed by atoms with Gasteiger partial charge < -0.3 is 14.7 Å². The van der Waals surface area contributed by atoms with Crippen molar-refractivity contribution < 1.29 is 9.32 Å². The number of nitrogens with zero attached hydrogens (tertiary/aromatic N) is 4. The first-order chi connectivity index (χ1) is 10.7. The van der Waals surface area contributed by atoms with Gasteiger partial charge in [-0.05, 0) is 32.3 Å². The SMILES string of the molecule is Cc1cc(CNC(=O)c2ccno2)nc(N2CCCCC2)n1. The molecule has 22 heavy (non-hydrogen) atoms. The Morgan fingerprint density at radius 1 is 1.32 bits per heavy atom. The average Bonchev–Trinajstić information content (AvgIpc) is 3.07. The molecule has 3 heterocycles. The van der Waals surface area contributed by atoms with Crippen LogP contribution in [0.5, 0.6) is 0 Å². The van der Waals surface area contributed by atoms with E-state index in [1.165, 1.54) is 31.5 Å².